The lowest BCUT2D eigenvalue weighted by molar-refractivity contribution is 0.144. The first kappa shape index (κ1) is 13.6. The summed E-state index contributed by atoms with van der Waals surface area (Å²) in [5, 5.41) is 11.8. The van der Waals surface area contributed by atoms with E-state index >= 15 is 0 Å². The fourth-order valence-corrected chi connectivity index (χ4v) is 1.47. The molecule has 0 radical (unpaired) electrons. The molecule has 0 fully saturated rings. The minimum absolute atomic E-state index is 0.0959. The predicted molar refractivity (Wildman–Crippen MR) is 63.9 cm³/mol. The van der Waals surface area contributed by atoms with Crippen molar-refractivity contribution < 1.29 is 9.13 Å². The number of nitrogens with one attached hydrogen (secondary N) is 1. The molecule has 1 rings (SSSR count). The lowest BCUT2D eigenvalue weighted by Gasteiger charge is -2.06. The third-order valence-electron chi connectivity index (χ3n) is 2.36. The van der Waals surface area contributed by atoms with E-state index in [0.29, 0.717) is 18.7 Å². The second-order valence-corrected chi connectivity index (χ2v) is 3.62. The average Bonchev–Trinajstić information content (AvgIpc) is 2.35. The fraction of sp³-hybridized carbons (Fsp3) is 0.462. The highest BCUT2D eigenvalue weighted by Crippen LogP contribution is 2.11. The van der Waals surface area contributed by atoms with Crippen molar-refractivity contribution in [1.29, 1.82) is 5.26 Å². The van der Waals surface area contributed by atoms with E-state index in [2.05, 4.69) is 5.32 Å². The van der Waals surface area contributed by atoms with Gasteiger partial charge in [-0.25, -0.2) is 4.39 Å². The zero-order valence-corrected chi connectivity index (χ0v) is 10.0. The molecule has 0 aliphatic heterocycles. The van der Waals surface area contributed by atoms with E-state index in [-0.39, 0.29) is 5.56 Å². The van der Waals surface area contributed by atoms with Crippen LogP contribution in [0.25, 0.3) is 0 Å². The van der Waals surface area contributed by atoms with Crippen LogP contribution in [0, 0.1) is 17.1 Å². The van der Waals surface area contributed by atoms with Gasteiger partial charge in [0.15, 0.2) is 0 Å². The lowest BCUT2D eigenvalue weighted by Crippen LogP contribution is -2.17. The molecule has 0 aliphatic rings. The van der Waals surface area contributed by atoms with Gasteiger partial charge < -0.3 is 10.1 Å². The van der Waals surface area contributed by atoms with Crippen LogP contribution in [-0.4, -0.2) is 19.8 Å². The molecule has 0 spiro atoms. The van der Waals surface area contributed by atoms with Crippen molar-refractivity contribution in [2.75, 3.05) is 19.8 Å². The average molecular weight is 236 g/mol. The first-order valence-corrected chi connectivity index (χ1v) is 5.75. The Hall–Kier alpha value is -1.44. The van der Waals surface area contributed by atoms with Gasteiger partial charge in [-0.3, -0.25) is 0 Å². The second-order valence-electron chi connectivity index (χ2n) is 3.62. The molecular formula is C13H17FN2O. The van der Waals surface area contributed by atoms with Crippen LogP contribution in [0.15, 0.2) is 18.2 Å². The first-order valence-electron chi connectivity index (χ1n) is 5.75. The third-order valence-corrected chi connectivity index (χ3v) is 2.36. The van der Waals surface area contributed by atoms with Crippen LogP contribution < -0.4 is 5.32 Å². The maximum atomic E-state index is 13.6. The number of nitrogens with zero attached hydrogens (tertiary/aromatic N) is 1. The van der Waals surface area contributed by atoms with Gasteiger partial charge in [-0.2, -0.15) is 5.26 Å². The highest BCUT2D eigenvalue weighted by molar-refractivity contribution is 5.34. The Morgan fingerprint density at radius 3 is 3.00 bits per heavy atom. The van der Waals surface area contributed by atoms with Gasteiger partial charge in [-0.1, -0.05) is 12.1 Å². The Kier molecular flexibility index (Phi) is 6.23. The molecule has 0 amide bonds. The molecule has 0 bridgehead atoms. The van der Waals surface area contributed by atoms with Gasteiger partial charge in [0, 0.05) is 25.3 Å². The van der Waals surface area contributed by atoms with Crippen molar-refractivity contribution in [2.24, 2.45) is 0 Å². The van der Waals surface area contributed by atoms with Crippen LogP contribution in [0.4, 0.5) is 4.39 Å². The van der Waals surface area contributed by atoms with Gasteiger partial charge >= 0.3 is 0 Å². The minimum Gasteiger partial charge on any atom is -0.382 e. The van der Waals surface area contributed by atoms with Gasteiger partial charge in [0.25, 0.3) is 0 Å². The van der Waals surface area contributed by atoms with Gasteiger partial charge in [0.05, 0.1) is 5.56 Å². The molecule has 3 nitrogen and oxygen atoms in total. The molecule has 0 saturated carbocycles. The Bertz CT molecular complexity index is 387. The highest BCUT2D eigenvalue weighted by atomic mass is 19.1. The number of hydrogen-bond donors (Lipinski definition) is 1. The van der Waals surface area contributed by atoms with Crippen molar-refractivity contribution >= 4 is 0 Å². The molecule has 92 valence electrons. The summed E-state index contributed by atoms with van der Waals surface area (Å²) in [6.45, 7) is 4.60. The zero-order chi connectivity index (χ0) is 12.5. The quantitative estimate of drug-likeness (QED) is 0.738. The molecule has 1 aromatic rings. The summed E-state index contributed by atoms with van der Waals surface area (Å²) in [6, 6.07) is 6.69. The van der Waals surface area contributed by atoms with E-state index in [1.165, 1.54) is 6.07 Å². The van der Waals surface area contributed by atoms with E-state index < -0.39 is 5.82 Å². The van der Waals surface area contributed by atoms with Crippen molar-refractivity contribution in [3.05, 3.63) is 35.1 Å². The zero-order valence-electron chi connectivity index (χ0n) is 10.0. The van der Waals surface area contributed by atoms with E-state index in [0.717, 1.165) is 19.6 Å². The van der Waals surface area contributed by atoms with Crippen LogP contribution in [0.3, 0.4) is 0 Å². The first-order chi connectivity index (χ1) is 8.29. The summed E-state index contributed by atoms with van der Waals surface area (Å²) < 4.78 is 18.8. The van der Waals surface area contributed by atoms with Crippen molar-refractivity contribution in [3.63, 3.8) is 0 Å². The molecular weight excluding hydrogens is 219 g/mol. The Labute approximate surface area is 101 Å². The monoisotopic (exact) mass is 236 g/mol. The third kappa shape index (κ3) is 4.51. The van der Waals surface area contributed by atoms with Crippen LogP contribution >= 0.6 is 0 Å². The lowest BCUT2D eigenvalue weighted by atomic mass is 10.1. The van der Waals surface area contributed by atoms with Crippen molar-refractivity contribution in [3.8, 4) is 6.07 Å². The van der Waals surface area contributed by atoms with Crippen LogP contribution in [0.2, 0.25) is 0 Å². The number of ether oxygens (including phenoxy) is 1. The van der Waals surface area contributed by atoms with E-state index in [1.807, 2.05) is 13.0 Å². The van der Waals surface area contributed by atoms with Gasteiger partial charge in [0.1, 0.15) is 11.9 Å². The maximum absolute atomic E-state index is 13.6. The minimum atomic E-state index is -0.424. The maximum Gasteiger partial charge on any atom is 0.145 e. The summed E-state index contributed by atoms with van der Waals surface area (Å²) in [6.07, 6.45) is 0.896. The summed E-state index contributed by atoms with van der Waals surface area (Å²) in [5.41, 5.74) is 0.624. The fourth-order valence-electron chi connectivity index (χ4n) is 1.47. The molecule has 0 saturated heterocycles. The van der Waals surface area contributed by atoms with E-state index in [9.17, 15) is 4.39 Å². The molecule has 17 heavy (non-hydrogen) atoms. The molecule has 0 heterocycles. The molecule has 4 heteroatoms. The normalized spacial score (nSPS) is 10.2. The molecule has 1 aromatic carbocycles. The molecule has 1 N–H and O–H groups in total. The van der Waals surface area contributed by atoms with Crippen LogP contribution in [-0.2, 0) is 11.3 Å². The van der Waals surface area contributed by atoms with E-state index in [4.69, 9.17) is 10.00 Å². The number of hydrogen-bond acceptors (Lipinski definition) is 3. The van der Waals surface area contributed by atoms with E-state index in [1.54, 1.807) is 12.1 Å². The van der Waals surface area contributed by atoms with Crippen LogP contribution in [0.1, 0.15) is 24.5 Å². The second kappa shape index (κ2) is 7.77. The summed E-state index contributed by atoms with van der Waals surface area (Å²) in [4.78, 5) is 0. The predicted octanol–water partition coefficient (Wildman–Crippen LogP) is 2.21. The SMILES string of the molecule is CCOCCCNCc1cccc(C#N)c1F. The summed E-state index contributed by atoms with van der Waals surface area (Å²) >= 11 is 0. The largest absolute Gasteiger partial charge is 0.382 e. The smallest absolute Gasteiger partial charge is 0.145 e. The Balaban J connectivity index is 2.35. The topological polar surface area (TPSA) is 45.0 Å². The van der Waals surface area contributed by atoms with Gasteiger partial charge in [-0.05, 0) is 26.0 Å². The number of rotatable bonds is 7. The number of benzene rings is 1. The highest BCUT2D eigenvalue weighted by Gasteiger charge is 2.06. The van der Waals surface area contributed by atoms with Crippen molar-refractivity contribution in [1.82, 2.24) is 5.32 Å². The Morgan fingerprint density at radius 2 is 2.29 bits per heavy atom. The van der Waals surface area contributed by atoms with Gasteiger partial charge in [-0.15, -0.1) is 0 Å². The molecule has 0 aliphatic carbocycles. The summed E-state index contributed by atoms with van der Waals surface area (Å²) in [5.74, 6) is -0.424. The van der Waals surface area contributed by atoms with Crippen LogP contribution in [0.5, 0.6) is 0 Å². The Morgan fingerprint density at radius 1 is 1.47 bits per heavy atom. The molecule has 0 unspecified atom stereocenters. The van der Waals surface area contributed by atoms with Gasteiger partial charge in [0.2, 0.25) is 0 Å². The molecule has 0 aromatic heterocycles. The number of nitriles is 1. The standard InChI is InChI=1S/C13H17FN2O/c1-2-17-8-4-7-16-10-12-6-3-5-11(9-15)13(12)14/h3,5-6,16H,2,4,7-8,10H2,1H3. The summed E-state index contributed by atoms with van der Waals surface area (Å²) in [7, 11) is 0. The number of halogens is 1. The van der Waals surface area contributed by atoms with Crippen molar-refractivity contribution in [2.45, 2.75) is 19.9 Å². The molecule has 0 atom stereocenters.